The second kappa shape index (κ2) is 5.16. The highest BCUT2D eigenvalue weighted by Gasteiger charge is 2.11. The SMILES string of the molecule is Cc1ccnc(Sc2cc(N)cc(S(N)(=O)=O)c2)n1. The Bertz CT molecular complexity index is 716. The van der Waals surface area contributed by atoms with Crippen LogP contribution in [0.25, 0.3) is 0 Å². The Morgan fingerprint density at radius 3 is 2.63 bits per heavy atom. The number of aromatic nitrogens is 2. The highest BCUT2D eigenvalue weighted by molar-refractivity contribution is 7.99. The first-order valence-corrected chi connectivity index (χ1v) is 7.62. The number of benzene rings is 1. The molecule has 0 aliphatic rings. The van der Waals surface area contributed by atoms with Crippen molar-refractivity contribution in [1.82, 2.24) is 9.97 Å². The predicted molar refractivity (Wildman–Crippen MR) is 73.1 cm³/mol. The molecular weight excluding hydrogens is 284 g/mol. The Hall–Kier alpha value is -1.64. The fourth-order valence-electron chi connectivity index (χ4n) is 1.40. The van der Waals surface area contributed by atoms with Crippen molar-refractivity contribution in [3.8, 4) is 0 Å². The monoisotopic (exact) mass is 296 g/mol. The van der Waals surface area contributed by atoms with Crippen LogP contribution in [0.3, 0.4) is 0 Å². The number of nitrogens with zero attached hydrogens (tertiary/aromatic N) is 2. The zero-order valence-corrected chi connectivity index (χ0v) is 11.7. The molecule has 19 heavy (non-hydrogen) atoms. The van der Waals surface area contributed by atoms with Crippen molar-refractivity contribution in [2.24, 2.45) is 5.14 Å². The van der Waals surface area contributed by atoms with Crippen molar-refractivity contribution < 1.29 is 8.42 Å². The Kier molecular flexibility index (Phi) is 3.74. The van der Waals surface area contributed by atoms with Crippen LogP contribution < -0.4 is 10.9 Å². The molecule has 1 aromatic heterocycles. The number of rotatable bonds is 3. The summed E-state index contributed by atoms with van der Waals surface area (Å²) >= 11 is 1.22. The van der Waals surface area contributed by atoms with E-state index >= 15 is 0 Å². The van der Waals surface area contributed by atoms with Crippen LogP contribution in [0.5, 0.6) is 0 Å². The van der Waals surface area contributed by atoms with Gasteiger partial charge < -0.3 is 5.73 Å². The Labute approximate surface area is 115 Å². The van der Waals surface area contributed by atoms with Crippen LogP contribution in [0.15, 0.2) is 45.4 Å². The average molecular weight is 296 g/mol. The number of nitrogens with two attached hydrogens (primary N) is 2. The molecule has 0 radical (unpaired) electrons. The normalized spacial score (nSPS) is 11.5. The molecule has 1 heterocycles. The quantitative estimate of drug-likeness (QED) is 0.649. The van der Waals surface area contributed by atoms with Gasteiger partial charge in [-0.2, -0.15) is 0 Å². The predicted octanol–water partition coefficient (Wildman–Crippen LogP) is 1.17. The van der Waals surface area contributed by atoms with Crippen LogP contribution in [0.1, 0.15) is 5.69 Å². The van der Waals surface area contributed by atoms with E-state index in [9.17, 15) is 8.42 Å². The van der Waals surface area contributed by atoms with Gasteiger partial charge in [0.1, 0.15) is 0 Å². The van der Waals surface area contributed by atoms with Crippen molar-refractivity contribution in [3.63, 3.8) is 0 Å². The van der Waals surface area contributed by atoms with Crippen molar-refractivity contribution in [2.75, 3.05) is 5.73 Å². The number of anilines is 1. The summed E-state index contributed by atoms with van der Waals surface area (Å²) in [4.78, 5) is 8.90. The second-order valence-corrected chi connectivity index (χ2v) is 6.47. The van der Waals surface area contributed by atoms with Crippen LogP contribution in [0, 0.1) is 6.92 Å². The first-order valence-electron chi connectivity index (χ1n) is 5.25. The lowest BCUT2D eigenvalue weighted by Crippen LogP contribution is -2.12. The smallest absolute Gasteiger partial charge is 0.238 e. The Morgan fingerprint density at radius 2 is 2.00 bits per heavy atom. The topological polar surface area (TPSA) is 112 Å². The van der Waals surface area contributed by atoms with Gasteiger partial charge in [0.2, 0.25) is 10.0 Å². The summed E-state index contributed by atoms with van der Waals surface area (Å²) in [6, 6.07) is 6.18. The van der Waals surface area contributed by atoms with Gasteiger partial charge >= 0.3 is 0 Å². The highest BCUT2D eigenvalue weighted by atomic mass is 32.2. The molecule has 6 nitrogen and oxygen atoms in total. The molecule has 0 saturated carbocycles. The largest absolute Gasteiger partial charge is 0.399 e. The molecule has 0 bridgehead atoms. The van der Waals surface area contributed by atoms with Crippen LogP contribution >= 0.6 is 11.8 Å². The van der Waals surface area contributed by atoms with Crippen LogP contribution in [-0.2, 0) is 10.0 Å². The third-order valence-corrected chi connectivity index (χ3v) is 3.96. The van der Waals surface area contributed by atoms with E-state index in [2.05, 4.69) is 9.97 Å². The van der Waals surface area contributed by atoms with Gasteiger partial charge in [-0.15, -0.1) is 0 Å². The highest BCUT2D eigenvalue weighted by Crippen LogP contribution is 2.28. The van der Waals surface area contributed by atoms with Crippen molar-refractivity contribution in [1.29, 1.82) is 0 Å². The van der Waals surface area contributed by atoms with Gasteiger partial charge in [0.05, 0.1) is 4.90 Å². The van der Waals surface area contributed by atoms with Crippen molar-refractivity contribution in [3.05, 3.63) is 36.2 Å². The molecule has 0 unspecified atom stereocenters. The number of aryl methyl sites for hydroxylation is 1. The lowest BCUT2D eigenvalue weighted by molar-refractivity contribution is 0.597. The molecular formula is C11H12N4O2S2. The summed E-state index contributed by atoms with van der Waals surface area (Å²) in [7, 11) is -3.78. The molecule has 0 fully saturated rings. The second-order valence-electron chi connectivity index (χ2n) is 3.87. The minimum atomic E-state index is -3.78. The molecule has 0 atom stereocenters. The Balaban J connectivity index is 2.38. The summed E-state index contributed by atoms with van der Waals surface area (Å²) in [5, 5.41) is 5.61. The maximum atomic E-state index is 11.3. The van der Waals surface area contributed by atoms with Crippen LogP contribution in [0.2, 0.25) is 0 Å². The minimum absolute atomic E-state index is 0.0253. The number of sulfonamides is 1. The van der Waals surface area contributed by atoms with E-state index in [1.165, 1.54) is 23.9 Å². The first kappa shape index (κ1) is 13.8. The maximum Gasteiger partial charge on any atom is 0.238 e. The zero-order chi connectivity index (χ0) is 14.0. The molecule has 0 spiro atoms. The zero-order valence-electron chi connectivity index (χ0n) is 10.1. The van der Waals surface area contributed by atoms with E-state index < -0.39 is 10.0 Å². The van der Waals surface area contributed by atoms with E-state index in [-0.39, 0.29) is 4.90 Å². The molecule has 8 heteroatoms. The number of nitrogen functional groups attached to an aromatic ring is 1. The summed E-state index contributed by atoms with van der Waals surface area (Å²) < 4.78 is 22.7. The standard InChI is InChI=1S/C11H12N4O2S2/c1-7-2-3-14-11(15-7)18-9-4-8(12)5-10(6-9)19(13,16)17/h2-6H,12H2,1H3,(H2,13,16,17). The van der Waals surface area contributed by atoms with E-state index in [4.69, 9.17) is 10.9 Å². The fourth-order valence-corrected chi connectivity index (χ4v) is 2.96. The van der Waals surface area contributed by atoms with Gasteiger partial charge in [-0.25, -0.2) is 23.5 Å². The molecule has 2 rings (SSSR count). The molecule has 0 aliphatic carbocycles. The fraction of sp³-hybridized carbons (Fsp3) is 0.0909. The van der Waals surface area contributed by atoms with E-state index in [1.807, 2.05) is 6.92 Å². The van der Waals surface area contributed by atoms with Gasteiger partial charge in [0, 0.05) is 22.5 Å². The van der Waals surface area contributed by atoms with Crippen molar-refractivity contribution in [2.45, 2.75) is 21.9 Å². The van der Waals surface area contributed by atoms with Gasteiger partial charge in [-0.3, -0.25) is 0 Å². The third kappa shape index (κ3) is 3.66. The van der Waals surface area contributed by atoms with Crippen LogP contribution in [0.4, 0.5) is 5.69 Å². The van der Waals surface area contributed by atoms with Crippen molar-refractivity contribution >= 4 is 27.5 Å². The maximum absolute atomic E-state index is 11.3. The van der Waals surface area contributed by atoms with E-state index in [1.54, 1.807) is 18.3 Å². The van der Waals surface area contributed by atoms with Gasteiger partial charge in [-0.1, -0.05) is 0 Å². The number of hydrogen-bond donors (Lipinski definition) is 2. The average Bonchev–Trinajstić information content (AvgIpc) is 2.26. The molecule has 4 N–H and O–H groups in total. The first-order chi connectivity index (χ1) is 8.84. The molecule has 1 aromatic carbocycles. The summed E-state index contributed by atoms with van der Waals surface area (Å²) in [6.07, 6.45) is 1.64. The van der Waals surface area contributed by atoms with Gasteiger partial charge in [-0.05, 0) is 43.0 Å². The molecule has 100 valence electrons. The summed E-state index contributed by atoms with van der Waals surface area (Å²) in [5.74, 6) is 0. The number of hydrogen-bond acceptors (Lipinski definition) is 6. The Morgan fingerprint density at radius 1 is 1.26 bits per heavy atom. The van der Waals surface area contributed by atoms with Gasteiger partial charge in [0.15, 0.2) is 5.16 Å². The summed E-state index contributed by atoms with van der Waals surface area (Å²) in [5.41, 5.74) is 6.81. The number of primary sulfonamides is 1. The molecule has 0 saturated heterocycles. The van der Waals surface area contributed by atoms with E-state index in [0.29, 0.717) is 15.7 Å². The lowest BCUT2D eigenvalue weighted by Gasteiger charge is -2.05. The molecule has 0 amide bonds. The minimum Gasteiger partial charge on any atom is -0.399 e. The molecule has 2 aromatic rings. The lowest BCUT2D eigenvalue weighted by atomic mass is 10.3. The van der Waals surface area contributed by atoms with Crippen LogP contribution in [-0.4, -0.2) is 18.4 Å². The third-order valence-electron chi connectivity index (χ3n) is 2.21. The molecule has 0 aliphatic heterocycles. The van der Waals surface area contributed by atoms with Gasteiger partial charge in [0.25, 0.3) is 0 Å². The summed E-state index contributed by atoms with van der Waals surface area (Å²) in [6.45, 7) is 1.85. The van der Waals surface area contributed by atoms with E-state index in [0.717, 1.165) is 5.69 Å².